The van der Waals surface area contributed by atoms with Crippen molar-refractivity contribution in [2.24, 2.45) is 0 Å². The molecule has 182 valence electrons. The monoisotopic (exact) mass is 482 g/mol. The zero-order valence-corrected chi connectivity index (χ0v) is 19.4. The fourth-order valence-corrected chi connectivity index (χ4v) is 4.35. The number of methoxy groups -OCH3 is 1. The fourth-order valence-electron chi connectivity index (χ4n) is 4.35. The van der Waals surface area contributed by atoms with Gasteiger partial charge in [-0.05, 0) is 53.9 Å². The van der Waals surface area contributed by atoms with Crippen LogP contribution in [-0.4, -0.2) is 29.4 Å². The second kappa shape index (κ2) is 9.44. The number of carbonyl (C=O) groups is 2. The van der Waals surface area contributed by atoms with Gasteiger partial charge in [0.1, 0.15) is 11.3 Å². The van der Waals surface area contributed by atoms with Crippen molar-refractivity contribution in [1.82, 2.24) is 10.2 Å². The number of ether oxygens (including phenoxy) is 1. The molecule has 0 aromatic heterocycles. The summed E-state index contributed by atoms with van der Waals surface area (Å²) in [6.45, 7) is 1.72. The van der Waals surface area contributed by atoms with E-state index in [1.54, 1.807) is 50.4 Å². The Hall–Kier alpha value is -3.81. The summed E-state index contributed by atoms with van der Waals surface area (Å²) < 4.78 is 45.0. The van der Waals surface area contributed by atoms with Gasteiger partial charge in [0.2, 0.25) is 5.91 Å². The van der Waals surface area contributed by atoms with Gasteiger partial charge >= 0.3 is 6.18 Å². The molecule has 1 aliphatic heterocycles. The van der Waals surface area contributed by atoms with Gasteiger partial charge in [-0.25, -0.2) is 0 Å². The van der Waals surface area contributed by atoms with Crippen molar-refractivity contribution in [3.63, 3.8) is 0 Å². The molecule has 0 aliphatic carbocycles. The SMILES string of the molecule is COc1cccc(CNC(=O)C2(C)Cc3ccccc3C(=O)N2Cc2cccc(C(F)(F)F)c2)c1. The topological polar surface area (TPSA) is 58.6 Å². The zero-order valence-electron chi connectivity index (χ0n) is 19.4. The number of nitrogens with zero attached hydrogens (tertiary/aromatic N) is 1. The summed E-state index contributed by atoms with van der Waals surface area (Å²) in [5, 5.41) is 2.89. The standard InChI is InChI=1S/C27H25F3N2O3/c1-26(25(34)31-16-18-7-6-11-22(14-18)35-2)15-20-9-3-4-12-23(20)24(33)32(26)17-19-8-5-10-21(13-19)27(28,29)30/h3-14H,15-17H2,1-2H3,(H,31,34). The van der Waals surface area contributed by atoms with Crippen molar-refractivity contribution in [3.8, 4) is 5.75 Å². The first-order valence-corrected chi connectivity index (χ1v) is 11.1. The van der Waals surface area contributed by atoms with Crippen LogP contribution in [0.25, 0.3) is 0 Å². The predicted molar refractivity (Wildman–Crippen MR) is 125 cm³/mol. The van der Waals surface area contributed by atoms with Gasteiger partial charge in [-0.1, -0.05) is 42.5 Å². The minimum atomic E-state index is -4.51. The summed E-state index contributed by atoms with van der Waals surface area (Å²) in [7, 11) is 1.55. The van der Waals surface area contributed by atoms with Crippen molar-refractivity contribution in [1.29, 1.82) is 0 Å². The molecular weight excluding hydrogens is 457 g/mol. The highest BCUT2D eigenvalue weighted by atomic mass is 19.4. The van der Waals surface area contributed by atoms with Crippen LogP contribution in [-0.2, 0) is 30.5 Å². The molecule has 0 bridgehead atoms. The minimum absolute atomic E-state index is 0.139. The van der Waals surface area contributed by atoms with Crippen LogP contribution >= 0.6 is 0 Å². The molecule has 3 aromatic carbocycles. The first kappa shape index (κ1) is 24.3. The molecule has 0 spiro atoms. The lowest BCUT2D eigenvalue weighted by Crippen LogP contribution is -2.62. The zero-order chi connectivity index (χ0) is 25.2. The lowest BCUT2D eigenvalue weighted by Gasteiger charge is -2.44. The van der Waals surface area contributed by atoms with E-state index < -0.39 is 29.1 Å². The lowest BCUT2D eigenvalue weighted by molar-refractivity contribution is -0.137. The Kier molecular flexibility index (Phi) is 6.56. The molecule has 0 fully saturated rings. The molecule has 0 radical (unpaired) electrons. The molecule has 3 aromatic rings. The van der Waals surface area contributed by atoms with Gasteiger partial charge in [-0.15, -0.1) is 0 Å². The lowest BCUT2D eigenvalue weighted by atomic mass is 9.82. The van der Waals surface area contributed by atoms with Crippen LogP contribution in [0.15, 0.2) is 72.8 Å². The maximum absolute atomic E-state index is 13.5. The van der Waals surface area contributed by atoms with E-state index in [-0.39, 0.29) is 19.5 Å². The average molecular weight is 483 g/mol. The Labute approximate surface area is 201 Å². The number of hydrogen-bond donors (Lipinski definition) is 1. The van der Waals surface area contributed by atoms with Crippen LogP contribution in [0.3, 0.4) is 0 Å². The highest BCUT2D eigenvalue weighted by molar-refractivity contribution is 6.02. The maximum Gasteiger partial charge on any atom is 0.416 e. The van der Waals surface area contributed by atoms with Crippen LogP contribution in [0, 0.1) is 0 Å². The van der Waals surface area contributed by atoms with E-state index in [1.807, 2.05) is 12.1 Å². The van der Waals surface area contributed by atoms with Gasteiger partial charge in [0.15, 0.2) is 0 Å². The molecular formula is C27H25F3N2O3. The molecule has 1 heterocycles. The normalized spacial score (nSPS) is 17.6. The molecule has 1 aliphatic rings. The Morgan fingerprint density at radius 1 is 1.03 bits per heavy atom. The number of amides is 2. The molecule has 1 atom stereocenters. The predicted octanol–water partition coefficient (Wildman–Crippen LogP) is 4.99. The molecule has 1 unspecified atom stereocenters. The number of halogens is 3. The van der Waals surface area contributed by atoms with Crippen molar-refractivity contribution >= 4 is 11.8 Å². The van der Waals surface area contributed by atoms with E-state index in [9.17, 15) is 22.8 Å². The van der Waals surface area contributed by atoms with E-state index in [1.165, 1.54) is 17.0 Å². The van der Waals surface area contributed by atoms with Crippen LogP contribution in [0.1, 0.15) is 39.5 Å². The van der Waals surface area contributed by atoms with Gasteiger partial charge in [-0.2, -0.15) is 13.2 Å². The van der Waals surface area contributed by atoms with Crippen LogP contribution in [0.2, 0.25) is 0 Å². The second-order valence-electron chi connectivity index (χ2n) is 8.73. The average Bonchev–Trinajstić information content (AvgIpc) is 2.85. The number of carbonyl (C=O) groups excluding carboxylic acids is 2. The van der Waals surface area contributed by atoms with Crippen LogP contribution < -0.4 is 10.1 Å². The van der Waals surface area contributed by atoms with E-state index in [0.29, 0.717) is 16.9 Å². The van der Waals surface area contributed by atoms with Gasteiger partial charge < -0.3 is 15.0 Å². The van der Waals surface area contributed by atoms with Crippen LogP contribution in [0.5, 0.6) is 5.75 Å². The Bertz CT molecular complexity index is 1260. The summed E-state index contributed by atoms with van der Waals surface area (Å²) in [6, 6.07) is 19.1. The molecule has 8 heteroatoms. The molecule has 4 rings (SSSR count). The highest BCUT2D eigenvalue weighted by Crippen LogP contribution is 2.34. The molecule has 0 saturated heterocycles. The third-order valence-corrected chi connectivity index (χ3v) is 6.29. The Balaban J connectivity index is 1.65. The molecule has 0 saturated carbocycles. The molecule has 35 heavy (non-hydrogen) atoms. The summed E-state index contributed by atoms with van der Waals surface area (Å²) >= 11 is 0. The Morgan fingerprint density at radius 3 is 2.49 bits per heavy atom. The van der Waals surface area contributed by atoms with E-state index in [0.717, 1.165) is 23.3 Å². The number of hydrogen-bond acceptors (Lipinski definition) is 3. The van der Waals surface area contributed by atoms with E-state index >= 15 is 0 Å². The molecule has 5 nitrogen and oxygen atoms in total. The number of benzene rings is 3. The minimum Gasteiger partial charge on any atom is -0.497 e. The molecule has 1 N–H and O–H groups in total. The van der Waals surface area contributed by atoms with E-state index in [2.05, 4.69) is 5.32 Å². The summed E-state index contributed by atoms with van der Waals surface area (Å²) in [5.74, 6) is -0.144. The maximum atomic E-state index is 13.5. The summed E-state index contributed by atoms with van der Waals surface area (Å²) in [6.07, 6.45) is -4.27. The summed E-state index contributed by atoms with van der Waals surface area (Å²) in [5.41, 5.74) is 0.157. The number of alkyl halides is 3. The highest BCUT2D eigenvalue weighted by Gasteiger charge is 2.46. The van der Waals surface area contributed by atoms with Gasteiger partial charge in [-0.3, -0.25) is 9.59 Å². The number of nitrogens with one attached hydrogen (secondary N) is 1. The van der Waals surface area contributed by atoms with Gasteiger partial charge in [0.05, 0.1) is 12.7 Å². The quantitative estimate of drug-likeness (QED) is 0.539. The van der Waals surface area contributed by atoms with Crippen molar-refractivity contribution in [2.75, 3.05) is 7.11 Å². The van der Waals surface area contributed by atoms with Gasteiger partial charge in [0, 0.05) is 25.1 Å². The Morgan fingerprint density at radius 2 is 1.74 bits per heavy atom. The largest absolute Gasteiger partial charge is 0.497 e. The summed E-state index contributed by atoms with van der Waals surface area (Å²) in [4.78, 5) is 28.4. The first-order valence-electron chi connectivity index (χ1n) is 11.1. The third kappa shape index (κ3) is 5.01. The smallest absolute Gasteiger partial charge is 0.416 e. The van der Waals surface area contributed by atoms with E-state index in [4.69, 9.17) is 4.74 Å². The van der Waals surface area contributed by atoms with Crippen molar-refractivity contribution < 1.29 is 27.5 Å². The van der Waals surface area contributed by atoms with Crippen LogP contribution in [0.4, 0.5) is 13.2 Å². The molecule has 2 amide bonds. The first-order chi connectivity index (χ1) is 16.6. The van der Waals surface area contributed by atoms with Crippen molar-refractivity contribution in [3.05, 3.63) is 101 Å². The second-order valence-corrected chi connectivity index (χ2v) is 8.73. The third-order valence-electron chi connectivity index (χ3n) is 6.29. The van der Waals surface area contributed by atoms with Gasteiger partial charge in [0.25, 0.3) is 5.91 Å². The number of fused-ring (bicyclic) bond motifs is 1. The van der Waals surface area contributed by atoms with Crippen molar-refractivity contribution in [2.45, 2.75) is 38.1 Å². The fraction of sp³-hybridized carbons (Fsp3) is 0.259. The number of rotatable bonds is 6.